The number of anilines is 1. The van der Waals surface area contributed by atoms with Gasteiger partial charge in [-0.3, -0.25) is 10.1 Å². The van der Waals surface area contributed by atoms with Crippen molar-refractivity contribution < 1.29 is 4.79 Å². The van der Waals surface area contributed by atoms with Crippen molar-refractivity contribution in [1.29, 1.82) is 5.26 Å². The van der Waals surface area contributed by atoms with Crippen LogP contribution in [0.2, 0.25) is 0 Å². The average Bonchev–Trinajstić information content (AvgIpc) is 2.57. The van der Waals surface area contributed by atoms with Crippen LogP contribution >= 0.6 is 0 Å². The minimum atomic E-state index is -0.0285. The van der Waals surface area contributed by atoms with Gasteiger partial charge in [-0.05, 0) is 17.7 Å². The summed E-state index contributed by atoms with van der Waals surface area (Å²) in [7, 11) is 0. The minimum absolute atomic E-state index is 0.0202. The number of nitrogens with one attached hydrogen (secondary N) is 2. The molecule has 0 fully saturated rings. The van der Waals surface area contributed by atoms with Crippen LogP contribution < -0.4 is 16.4 Å². The van der Waals surface area contributed by atoms with E-state index < -0.39 is 0 Å². The van der Waals surface area contributed by atoms with Gasteiger partial charge in [0.25, 0.3) is 0 Å². The molecule has 1 aliphatic rings. The van der Waals surface area contributed by atoms with E-state index in [4.69, 9.17) is 11.0 Å². The molecule has 2 rings (SSSR count). The molecule has 0 unspecified atom stereocenters. The van der Waals surface area contributed by atoms with E-state index in [1.807, 2.05) is 6.07 Å². The molecule has 0 radical (unpaired) electrons. The van der Waals surface area contributed by atoms with Gasteiger partial charge in [0.1, 0.15) is 0 Å². The first-order valence-corrected chi connectivity index (χ1v) is 4.61. The molecule has 1 amide bonds. The number of nitriles is 1. The molecule has 16 heavy (non-hydrogen) atoms. The molecule has 1 heterocycles. The number of aliphatic imine (C=N–C) groups is 1. The number of hydrogen-bond donors (Lipinski definition) is 3. The summed E-state index contributed by atoms with van der Waals surface area (Å²) in [5, 5.41) is 13.3. The first-order valence-electron chi connectivity index (χ1n) is 4.61. The van der Waals surface area contributed by atoms with Crippen molar-refractivity contribution >= 4 is 23.2 Å². The van der Waals surface area contributed by atoms with Crippen molar-refractivity contribution in [3.63, 3.8) is 0 Å². The number of rotatable bonds is 1. The quantitative estimate of drug-likeness (QED) is 0.269. The number of carbonyl (C=O) groups excluding carboxylic acids is 1. The topological polar surface area (TPSA) is 103 Å². The zero-order valence-corrected chi connectivity index (χ0v) is 8.32. The van der Waals surface area contributed by atoms with Crippen LogP contribution in [-0.2, 0) is 11.2 Å². The highest BCUT2D eigenvalue weighted by Crippen LogP contribution is 2.27. The van der Waals surface area contributed by atoms with Crippen LogP contribution in [0.1, 0.15) is 5.56 Å². The lowest BCUT2D eigenvalue weighted by molar-refractivity contribution is -0.115. The van der Waals surface area contributed by atoms with Crippen LogP contribution in [0.15, 0.2) is 23.2 Å². The third-order valence-corrected chi connectivity index (χ3v) is 2.15. The van der Waals surface area contributed by atoms with Crippen molar-refractivity contribution in [3.8, 4) is 6.19 Å². The molecule has 4 N–H and O–H groups in total. The Bertz CT molecular complexity index is 514. The molecule has 1 aliphatic heterocycles. The smallest absolute Gasteiger partial charge is 0.228 e. The fourth-order valence-corrected chi connectivity index (χ4v) is 1.50. The molecule has 0 bridgehead atoms. The number of nitrogens with two attached hydrogens (primary N) is 1. The molecule has 1 aromatic carbocycles. The molecule has 0 saturated heterocycles. The van der Waals surface area contributed by atoms with Crippen LogP contribution in [0, 0.1) is 11.5 Å². The number of nitrogens with zero attached hydrogens (tertiary/aromatic N) is 2. The maximum absolute atomic E-state index is 11.1. The van der Waals surface area contributed by atoms with E-state index in [9.17, 15) is 4.79 Å². The van der Waals surface area contributed by atoms with E-state index in [1.54, 1.807) is 18.3 Å². The fraction of sp³-hybridized carbons (Fsp3) is 0.100. The Balaban J connectivity index is 2.27. The van der Waals surface area contributed by atoms with Gasteiger partial charge in [0, 0.05) is 5.69 Å². The van der Waals surface area contributed by atoms with Gasteiger partial charge in [-0.15, -0.1) is 0 Å². The Morgan fingerprint density at radius 2 is 2.44 bits per heavy atom. The van der Waals surface area contributed by atoms with E-state index in [0.717, 1.165) is 11.3 Å². The number of benzene rings is 1. The molecule has 1 aromatic rings. The molecule has 80 valence electrons. The van der Waals surface area contributed by atoms with E-state index >= 15 is 0 Å². The molecule has 6 heteroatoms. The van der Waals surface area contributed by atoms with Crippen LogP contribution in [0.5, 0.6) is 0 Å². The SMILES string of the molecule is N#CNC(N)=Nc1ccc2c(c1)NC(=O)C2. The average molecular weight is 215 g/mol. The Labute approximate surface area is 91.8 Å². The van der Waals surface area contributed by atoms with Crippen molar-refractivity contribution in [1.82, 2.24) is 5.32 Å². The molecule has 0 aromatic heterocycles. The first kappa shape index (κ1) is 9.98. The van der Waals surface area contributed by atoms with Crippen molar-refractivity contribution in [2.45, 2.75) is 6.42 Å². The van der Waals surface area contributed by atoms with Crippen LogP contribution in [0.4, 0.5) is 11.4 Å². The van der Waals surface area contributed by atoms with Gasteiger partial charge in [-0.25, -0.2) is 4.99 Å². The van der Waals surface area contributed by atoms with Crippen LogP contribution in [0.25, 0.3) is 0 Å². The van der Waals surface area contributed by atoms with Gasteiger partial charge >= 0.3 is 0 Å². The zero-order chi connectivity index (χ0) is 11.5. The first-order chi connectivity index (χ1) is 7.69. The zero-order valence-electron chi connectivity index (χ0n) is 8.32. The van der Waals surface area contributed by atoms with Crippen molar-refractivity contribution in [2.24, 2.45) is 10.7 Å². The summed E-state index contributed by atoms with van der Waals surface area (Å²) in [5.74, 6) is -0.00831. The molecule has 0 atom stereocenters. The second-order valence-electron chi connectivity index (χ2n) is 3.30. The number of fused-ring (bicyclic) bond motifs is 1. The summed E-state index contributed by atoms with van der Waals surface area (Å²) in [6.07, 6.45) is 2.07. The molecule has 6 nitrogen and oxygen atoms in total. The predicted octanol–water partition coefficient (Wildman–Crippen LogP) is 0.198. The molecule has 0 aliphatic carbocycles. The van der Waals surface area contributed by atoms with Crippen molar-refractivity contribution in [3.05, 3.63) is 23.8 Å². The van der Waals surface area contributed by atoms with E-state index in [2.05, 4.69) is 15.6 Å². The van der Waals surface area contributed by atoms with E-state index in [-0.39, 0.29) is 11.9 Å². The maximum Gasteiger partial charge on any atom is 0.228 e. The predicted molar refractivity (Wildman–Crippen MR) is 58.8 cm³/mol. The van der Waals surface area contributed by atoms with E-state index in [1.165, 1.54) is 0 Å². The lowest BCUT2D eigenvalue weighted by Crippen LogP contribution is -2.26. The summed E-state index contributed by atoms with van der Waals surface area (Å²) in [5.41, 5.74) is 7.69. The Kier molecular flexibility index (Phi) is 2.44. The minimum Gasteiger partial charge on any atom is -0.369 e. The van der Waals surface area contributed by atoms with Gasteiger partial charge in [0.15, 0.2) is 6.19 Å². The summed E-state index contributed by atoms with van der Waals surface area (Å²) in [6.45, 7) is 0. The molecular formula is C10H9N5O. The van der Waals surface area contributed by atoms with Gasteiger partial charge in [-0.2, -0.15) is 5.26 Å². The summed E-state index contributed by atoms with van der Waals surface area (Å²) in [4.78, 5) is 15.1. The van der Waals surface area contributed by atoms with Gasteiger partial charge in [0.2, 0.25) is 11.9 Å². The van der Waals surface area contributed by atoms with Gasteiger partial charge in [-0.1, -0.05) is 6.07 Å². The number of carbonyl (C=O) groups is 1. The second-order valence-corrected chi connectivity index (χ2v) is 3.30. The highest BCUT2D eigenvalue weighted by molar-refractivity contribution is 5.99. The molecular weight excluding hydrogens is 206 g/mol. The highest BCUT2D eigenvalue weighted by atomic mass is 16.1. The third kappa shape index (κ3) is 1.93. The lowest BCUT2D eigenvalue weighted by atomic mass is 10.1. The monoisotopic (exact) mass is 215 g/mol. The number of guanidine groups is 1. The summed E-state index contributed by atoms with van der Waals surface area (Å²) >= 11 is 0. The van der Waals surface area contributed by atoms with Gasteiger partial charge < -0.3 is 11.1 Å². The Morgan fingerprint density at radius 1 is 1.62 bits per heavy atom. The highest BCUT2D eigenvalue weighted by Gasteiger charge is 2.17. The number of hydrogen-bond acceptors (Lipinski definition) is 3. The second kappa shape index (κ2) is 3.90. The number of amides is 1. The van der Waals surface area contributed by atoms with Crippen LogP contribution in [0.3, 0.4) is 0 Å². The normalized spacial score (nSPS) is 13.9. The summed E-state index contributed by atoms with van der Waals surface area (Å²) < 4.78 is 0. The Morgan fingerprint density at radius 3 is 3.19 bits per heavy atom. The lowest BCUT2D eigenvalue weighted by Gasteiger charge is -2.01. The van der Waals surface area contributed by atoms with E-state index in [0.29, 0.717) is 12.1 Å². The molecule has 0 saturated carbocycles. The van der Waals surface area contributed by atoms with Gasteiger partial charge in [0.05, 0.1) is 12.1 Å². The Hall–Kier alpha value is -2.55. The van der Waals surface area contributed by atoms with Crippen LogP contribution in [-0.4, -0.2) is 11.9 Å². The summed E-state index contributed by atoms with van der Waals surface area (Å²) in [6, 6.07) is 5.27. The largest absolute Gasteiger partial charge is 0.369 e. The maximum atomic E-state index is 11.1. The molecule has 0 spiro atoms. The third-order valence-electron chi connectivity index (χ3n) is 2.15. The fourth-order valence-electron chi connectivity index (χ4n) is 1.50. The standard InChI is InChI=1S/C10H9N5O/c11-5-13-10(12)14-7-2-1-6-3-9(16)15-8(6)4-7/h1-2,4H,3H2,(H,15,16)(H3,12,13,14). The van der Waals surface area contributed by atoms with Crippen molar-refractivity contribution in [2.75, 3.05) is 5.32 Å².